The number of hydrogen-bond acceptors (Lipinski definition) is 3. The molecule has 1 aliphatic heterocycles. The molecule has 0 spiro atoms. The van der Waals surface area contributed by atoms with Crippen LogP contribution in [0.3, 0.4) is 0 Å². The van der Waals surface area contributed by atoms with Gasteiger partial charge in [0.05, 0.1) is 0 Å². The summed E-state index contributed by atoms with van der Waals surface area (Å²) in [6.45, 7) is 5.33. The molecule has 0 bridgehead atoms. The summed E-state index contributed by atoms with van der Waals surface area (Å²) in [6, 6.07) is 7.18. The molecule has 1 unspecified atom stereocenters. The highest BCUT2D eigenvalue weighted by molar-refractivity contribution is 5.39. The normalized spacial score (nSPS) is 18.1. The largest absolute Gasteiger partial charge is 0.508 e. The van der Waals surface area contributed by atoms with E-state index < -0.39 is 5.60 Å². The lowest BCUT2D eigenvalue weighted by atomic mass is 10.00. The molecule has 0 aliphatic carbocycles. The molecule has 0 amide bonds. The first-order valence-electron chi connectivity index (χ1n) is 7.24. The number of phenolic OH excluding ortho intramolecular Hbond substituents is 1. The van der Waals surface area contributed by atoms with E-state index >= 15 is 0 Å². The Morgan fingerprint density at radius 3 is 2.40 bits per heavy atom. The zero-order valence-corrected chi connectivity index (χ0v) is 12.3. The molecule has 1 atom stereocenters. The Kier molecular flexibility index (Phi) is 4.69. The number of hydrogen-bond donors (Lipinski definition) is 2. The number of likely N-dealkylation sites (tertiary alicyclic amines) is 1. The maximum atomic E-state index is 10.1. The SMILES string of the molecule is CC(C)(O)C#CC(c1ccccc1O)N1CCCCC1. The molecular formula is C17H23NO2. The monoisotopic (exact) mass is 273 g/mol. The van der Waals surface area contributed by atoms with Crippen LogP contribution < -0.4 is 0 Å². The molecule has 3 nitrogen and oxygen atoms in total. The van der Waals surface area contributed by atoms with Crippen LogP contribution in [-0.4, -0.2) is 33.8 Å². The van der Waals surface area contributed by atoms with Crippen LogP contribution in [0.15, 0.2) is 24.3 Å². The summed E-state index contributed by atoms with van der Waals surface area (Å²) >= 11 is 0. The lowest BCUT2D eigenvalue weighted by Crippen LogP contribution is -2.33. The Balaban J connectivity index is 2.32. The fourth-order valence-electron chi connectivity index (χ4n) is 2.51. The number of phenols is 1. The zero-order chi connectivity index (χ0) is 14.6. The third-order valence-corrected chi connectivity index (χ3v) is 3.50. The van der Waals surface area contributed by atoms with Crippen LogP contribution in [0, 0.1) is 11.8 Å². The van der Waals surface area contributed by atoms with Crippen molar-refractivity contribution in [3.8, 4) is 17.6 Å². The molecule has 1 heterocycles. The molecule has 1 aromatic rings. The van der Waals surface area contributed by atoms with Crippen molar-refractivity contribution in [3.63, 3.8) is 0 Å². The van der Waals surface area contributed by atoms with Gasteiger partial charge in [-0.1, -0.05) is 36.5 Å². The molecule has 0 saturated carbocycles. The van der Waals surface area contributed by atoms with E-state index in [0.717, 1.165) is 31.5 Å². The van der Waals surface area contributed by atoms with Crippen molar-refractivity contribution in [1.82, 2.24) is 4.90 Å². The van der Waals surface area contributed by atoms with Gasteiger partial charge in [0.2, 0.25) is 0 Å². The molecule has 108 valence electrons. The number of aromatic hydroxyl groups is 1. The molecule has 3 heteroatoms. The second-order valence-corrected chi connectivity index (χ2v) is 5.89. The minimum Gasteiger partial charge on any atom is -0.508 e. The van der Waals surface area contributed by atoms with Crippen LogP contribution in [0.5, 0.6) is 5.75 Å². The highest BCUT2D eigenvalue weighted by atomic mass is 16.3. The Bertz CT molecular complexity index is 502. The first-order chi connectivity index (χ1) is 9.47. The molecule has 2 N–H and O–H groups in total. The molecule has 2 rings (SSSR count). The molecule has 0 radical (unpaired) electrons. The van der Waals surface area contributed by atoms with Crippen molar-refractivity contribution in [2.45, 2.75) is 44.8 Å². The standard InChI is InChI=1S/C17H23NO2/c1-17(2,20)11-10-15(18-12-6-3-7-13-18)14-8-4-5-9-16(14)19/h4-5,8-9,15,19-20H,3,6-7,12-13H2,1-2H3. The van der Waals surface area contributed by atoms with Crippen LogP contribution in [-0.2, 0) is 0 Å². The van der Waals surface area contributed by atoms with E-state index in [0.29, 0.717) is 0 Å². The van der Waals surface area contributed by atoms with Crippen molar-refractivity contribution in [1.29, 1.82) is 0 Å². The van der Waals surface area contributed by atoms with E-state index in [1.807, 2.05) is 18.2 Å². The Morgan fingerprint density at radius 2 is 1.80 bits per heavy atom. The van der Waals surface area contributed by atoms with Gasteiger partial charge in [-0.25, -0.2) is 0 Å². The van der Waals surface area contributed by atoms with E-state index in [1.165, 1.54) is 6.42 Å². The van der Waals surface area contributed by atoms with E-state index in [-0.39, 0.29) is 11.8 Å². The lowest BCUT2D eigenvalue weighted by Gasteiger charge is -2.32. The van der Waals surface area contributed by atoms with Crippen LogP contribution in [0.1, 0.15) is 44.7 Å². The molecule has 1 aromatic carbocycles. The number of aliphatic hydroxyl groups is 1. The zero-order valence-electron chi connectivity index (χ0n) is 12.3. The average Bonchev–Trinajstić information content (AvgIpc) is 2.41. The summed E-state index contributed by atoms with van der Waals surface area (Å²) in [5.41, 5.74) is -0.190. The maximum absolute atomic E-state index is 10.1. The van der Waals surface area contributed by atoms with Crippen molar-refractivity contribution < 1.29 is 10.2 Å². The summed E-state index contributed by atoms with van der Waals surface area (Å²) in [4.78, 5) is 2.29. The molecular weight excluding hydrogens is 250 g/mol. The van der Waals surface area contributed by atoms with E-state index in [1.54, 1.807) is 19.9 Å². The molecule has 1 saturated heterocycles. The predicted octanol–water partition coefficient (Wildman–Crippen LogP) is 2.69. The minimum atomic E-state index is -1.02. The van der Waals surface area contributed by atoms with Crippen molar-refractivity contribution in [2.75, 3.05) is 13.1 Å². The van der Waals surface area contributed by atoms with Crippen molar-refractivity contribution in [2.24, 2.45) is 0 Å². The number of benzene rings is 1. The molecule has 1 fully saturated rings. The topological polar surface area (TPSA) is 43.7 Å². The van der Waals surface area contributed by atoms with E-state index in [4.69, 9.17) is 0 Å². The second-order valence-electron chi connectivity index (χ2n) is 5.89. The average molecular weight is 273 g/mol. The summed E-state index contributed by atoms with van der Waals surface area (Å²) < 4.78 is 0. The van der Waals surface area contributed by atoms with Gasteiger partial charge in [-0.05, 0) is 45.8 Å². The number of piperidine rings is 1. The summed E-state index contributed by atoms with van der Waals surface area (Å²) in [6.07, 6.45) is 3.57. The van der Waals surface area contributed by atoms with Crippen LogP contribution in [0.4, 0.5) is 0 Å². The molecule has 1 aliphatic rings. The lowest BCUT2D eigenvalue weighted by molar-refractivity contribution is 0.142. The van der Waals surface area contributed by atoms with Gasteiger partial charge in [0.15, 0.2) is 0 Å². The number of rotatable bonds is 2. The van der Waals surface area contributed by atoms with Gasteiger partial charge in [-0.2, -0.15) is 0 Å². The Hall–Kier alpha value is -1.50. The van der Waals surface area contributed by atoms with E-state index in [2.05, 4.69) is 16.7 Å². The Morgan fingerprint density at radius 1 is 1.15 bits per heavy atom. The highest BCUT2D eigenvalue weighted by Gasteiger charge is 2.23. The van der Waals surface area contributed by atoms with Gasteiger partial charge in [-0.3, -0.25) is 4.90 Å². The van der Waals surface area contributed by atoms with Gasteiger partial charge in [0.1, 0.15) is 17.4 Å². The van der Waals surface area contributed by atoms with Gasteiger partial charge in [0.25, 0.3) is 0 Å². The van der Waals surface area contributed by atoms with Gasteiger partial charge >= 0.3 is 0 Å². The first kappa shape index (κ1) is 14.9. The third-order valence-electron chi connectivity index (χ3n) is 3.50. The predicted molar refractivity (Wildman–Crippen MR) is 80.3 cm³/mol. The maximum Gasteiger partial charge on any atom is 0.121 e. The van der Waals surface area contributed by atoms with Gasteiger partial charge in [-0.15, -0.1) is 0 Å². The Labute approximate surface area is 121 Å². The van der Waals surface area contributed by atoms with E-state index in [9.17, 15) is 10.2 Å². The smallest absolute Gasteiger partial charge is 0.121 e. The summed E-state index contributed by atoms with van der Waals surface area (Å²) in [5, 5.41) is 19.9. The second kappa shape index (κ2) is 6.30. The summed E-state index contributed by atoms with van der Waals surface area (Å²) in [5.74, 6) is 6.32. The first-order valence-corrected chi connectivity index (χ1v) is 7.24. The fraction of sp³-hybridized carbons (Fsp3) is 0.529. The summed E-state index contributed by atoms with van der Waals surface area (Å²) in [7, 11) is 0. The van der Waals surface area contributed by atoms with Gasteiger partial charge in [0, 0.05) is 5.56 Å². The molecule has 20 heavy (non-hydrogen) atoms. The van der Waals surface area contributed by atoms with Crippen LogP contribution in [0.25, 0.3) is 0 Å². The van der Waals surface area contributed by atoms with Crippen LogP contribution >= 0.6 is 0 Å². The van der Waals surface area contributed by atoms with Crippen molar-refractivity contribution in [3.05, 3.63) is 29.8 Å². The molecule has 0 aromatic heterocycles. The number of nitrogens with zero attached hydrogens (tertiary/aromatic N) is 1. The van der Waals surface area contributed by atoms with Gasteiger partial charge < -0.3 is 10.2 Å². The quantitative estimate of drug-likeness (QED) is 0.814. The fourth-order valence-corrected chi connectivity index (χ4v) is 2.51. The third kappa shape index (κ3) is 4.00. The van der Waals surface area contributed by atoms with Crippen molar-refractivity contribution >= 4 is 0 Å². The highest BCUT2D eigenvalue weighted by Crippen LogP contribution is 2.30. The van der Waals surface area contributed by atoms with Crippen LogP contribution in [0.2, 0.25) is 0 Å². The number of para-hydroxylation sites is 1. The minimum absolute atomic E-state index is 0.150.